The van der Waals surface area contributed by atoms with Crippen LogP contribution in [0.2, 0.25) is 5.02 Å². The van der Waals surface area contributed by atoms with Crippen LogP contribution in [0.4, 0.5) is 16.2 Å². The Morgan fingerprint density at radius 3 is 2.42 bits per heavy atom. The van der Waals surface area contributed by atoms with Crippen molar-refractivity contribution in [3.05, 3.63) is 94.0 Å². The number of likely N-dealkylation sites (tertiary alicyclic amines) is 1. The minimum absolute atomic E-state index is 0.120. The summed E-state index contributed by atoms with van der Waals surface area (Å²) in [5.41, 5.74) is 5.53. The summed E-state index contributed by atoms with van der Waals surface area (Å²) < 4.78 is 0. The van der Waals surface area contributed by atoms with Crippen LogP contribution in [0, 0.1) is 13.8 Å². The third kappa shape index (κ3) is 5.74. The molecule has 0 bridgehead atoms. The molecule has 0 aromatic heterocycles. The second kappa shape index (κ2) is 10.1. The zero-order valence-corrected chi connectivity index (χ0v) is 19.7. The first-order chi connectivity index (χ1) is 15.9. The Morgan fingerprint density at radius 2 is 1.67 bits per heavy atom. The molecule has 1 heterocycles. The van der Waals surface area contributed by atoms with Crippen molar-refractivity contribution in [3.8, 4) is 0 Å². The third-order valence-electron chi connectivity index (χ3n) is 6.19. The number of nitrogens with one attached hydrogen (secondary N) is 2. The van der Waals surface area contributed by atoms with Gasteiger partial charge < -0.3 is 15.5 Å². The lowest BCUT2D eigenvalue weighted by Gasteiger charge is -2.33. The highest BCUT2D eigenvalue weighted by molar-refractivity contribution is 6.30. The fraction of sp³-hybridized carbons (Fsp3) is 0.259. The zero-order valence-electron chi connectivity index (χ0n) is 18.9. The first kappa shape index (κ1) is 22.9. The summed E-state index contributed by atoms with van der Waals surface area (Å²) in [5, 5.41) is 6.56. The summed E-state index contributed by atoms with van der Waals surface area (Å²) >= 11 is 5.93. The van der Waals surface area contributed by atoms with Gasteiger partial charge in [0.25, 0.3) is 5.91 Å². The number of halogens is 1. The minimum Gasteiger partial charge on any atom is -0.324 e. The van der Waals surface area contributed by atoms with Crippen LogP contribution in [-0.4, -0.2) is 29.9 Å². The van der Waals surface area contributed by atoms with Crippen LogP contribution < -0.4 is 10.6 Å². The SMILES string of the molecule is Cc1ccc(NC(=O)c2cccc(C3CCCN(C(=O)Nc4ccc(Cl)cc4)C3)c2)cc1C. The number of hydrogen-bond acceptors (Lipinski definition) is 2. The summed E-state index contributed by atoms with van der Waals surface area (Å²) in [7, 11) is 0. The Morgan fingerprint density at radius 1 is 0.909 bits per heavy atom. The first-order valence-corrected chi connectivity index (χ1v) is 11.6. The first-order valence-electron chi connectivity index (χ1n) is 11.2. The highest BCUT2D eigenvalue weighted by atomic mass is 35.5. The molecule has 0 radical (unpaired) electrons. The van der Waals surface area contributed by atoms with Crippen molar-refractivity contribution in [2.45, 2.75) is 32.6 Å². The maximum Gasteiger partial charge on any atom is 0.321 e. The van der Waals surface area contributed by atoms with E-state index in [1.54, 1.807) is 24.3 Å². The number of nitrogens with zero attached hydrogens (tertiary/aromatic N) is 1. The van der Waals surface area contributed by atoms with E-state index in [9.17, 15) is 9.59 Å². The van der Waals surface area contributed by atoms with Gasteiger partial charge in [-0.05, 0) is 91.9 Å². The quantitative estimate of drug-likeness (QED) is 0.458. The minimum atomic E-state index is -0.131. The predicted octanol–water partition coefficient (Wildman–Crippen LogP) is 6.62. The Labute approximate surface area is 199 Å². The van der Waals surface area contributed by atoms with Gasteiger partial charge >= 0.3 is 6.03 Å². The molecule has 0 saturated carbocycles. The molecule has 5 nitrogen and oxygen atoms in total. The van der Waals surface area contributed by atoms with Crippen LogP contribution >= 0.6 is 11.6 Å². The van der Waals surface area contributed by atoms with Crippen molar-refractivity contribution in [1.82, 2.24) is 4.90 Å². The lowest BCUT2D eigenvalue weighted by Crippen LogP contribution is -2.41. The van der Waals surface area contributed by atoms with E-state index in [-0.39, 0.29) is 17.9 Å². The van der Waals surface area contributed by atoms with Crippen molar-refractivity contribution in [3.63, 3.8) is 0 Å². The summed E-state index contributed by atoms with van der Waals surface area (Å²) in [4.78, 5) is 27.5. The Balaban J connectivity index is 1.42. The van der Waals surface area contributed by atoms with Crippen LogP contribution in [0.1, 0.15) is 45.8 Å². The molecule has 6 heteroatoms. The topological polar surface area (TPSA) is 61.4 Å². The van der Waals surface area contributed by atoms with Gasteiger partial charge in [-0.2, -0.15) is 0 Å². The molecule has 1 fully saturated rings. The monoisotopic (exact) mass is 461 g/mol. The van der Waals surface area contributed by atoms with E-state index >= 15 is 0 Å². The van der Waals surface area contributed by atoms with Gasteiger partial charge in [0, 0.05) is 41.0 Å². The molecule has 3 aromatic rings. The van der Waals surface area contributed by atoms with Gasteiger partial charge in [-0.1, -0.05) is 29.8 Å². The van der Waals surface area contributed by atoms with Crippen molar-refractivity contribution in [1.29, 1.82) is 0 Å². The van der Waals surface area contributed by atoms with Crippen molar-refractivity contribution in [2.75, 3.05) is 23.7 Å². The van der Waals surface area contributed by atoms with Gasteiger partial charge in [-0.15, -0.1) is 0 Å². The van der Waals surface area contributed by atoms with Gasteiger partial charge in [-0.25, -0.2) is 4.79 Å². The molecular formula is C27H28ClN3O2. The maximum atomic E-state index is 12.8. The average Bonchev–Trinajstić information content (AvgIpc) is 2.83. The van der Waals surface area contributed by atoms with Gasteiger partial charge in [0.1, 0.15) is 0 Å². The molecule has 170 valence electrons. The number of anilines is 2. The van der Waals surface area contributed by atoms with Crippen molar-refractivity contribution < 1.29 is 9.59 Å². The lowest BCUT2D eigenvalue weighted by molar-refractivity contribution is 0.102. The number of amides is 3. The zero-order chi connectivity index (χ0) is 23.4. The van der Waals surface area contributed by atoms with E-state index in [0.29, 0.717) is 23.7 Å². The fourth-order valence-corrected chi connectivity index (χ4v) is 4.25. The van der Waals surface area contributed by atoms with E-state index in [4.69, 9.17) is 11.6 Å². The normalized spacial score (nSPS) is 15.7. The lowest BCUT2D eigenvalue weighted by atomic mass is 9.89. The molecule has 1 atom stereocenters. The van der Waals surface area contributed by atoms with E-state index in [1.165, 1.54) is 5.56 Å². The van der Waals surface area contributed by atoms with E-state index in [2.05, 4.69) is 10.6 Å². The molecule has 33 heavy (non-hydrogen) atoms. The van der Waals surface area contributed by atoms with Gasteiger partial charge in [0.05, 0.1) is 0 Å². The number of carbonyl (C=O) groups excluding carboxylic acids is 2. The Bertz CT molecular complexity index is 1160. The Hall–Kier alpha value is -3.31. The fourth-order valence-electron chi connectivity index (χ4n) is 4.13. The molecule has 2 N–H and O–H groups in total. The Kier molecular flexibility index (Phi) is 6.99. The van der Waals surface area contributed by atoms with Crippen molar-refractivity contribution >= 4 is 34.9 Å². The highest BCUT2D eigenvalue weighted by Crippen LogP contribution is 2.28. The van der Waals surface area contributed by atoms with E-state index in [1.807, 2.05) is 61.2 Å². The van der Waals surface area contributed by atoms with Crippen LogP contribution in [-0.2, 0) is 0 Å². The summed E-state index contributed by atoms with van der Waals surface area (Å²) in [6.07, 6.45) is 1.89. The third-order valence-corrected chi connectivity index (χ3v) is 6.44. The van der Waals surface area contributed by atoms with Crippen LogP contribution in [0.3, 0.4) is 0 Å². The number of hydrogen-bond donors (Lipinski definition) is 2. The average molecular weight is 462 g/mol. The van der Waals surface area contributed by atoms with Crippen LogP contribution in [0.15, 0.2) is 66.7 Å². The molecule has 3 aromatic carbocycles. The molecule has 0 aliphatic carbocycles. The number of benzene rings is 3. The molecule has 1 aliphatic heterocycles. The van der Waals surface area contributed by atoms with Crippen molar-refractivity contribution in [2.24, 2.45) is 0 Å². The number of urea groups is 1. The standard InChI is InChI=1S/C27H28ClN3O2/c1-18-8-11-25(15-19(18)2)29-26(32)21-6-3-5-20(16-21)22-7-4-14-31(17-22)27(33)30-24-12-9-23(28)10-13-24/h3,5-6,8-13,15-16,22H,4,7,14,17H2,1-2H3,(H,29,32)(H,30,33). The van der Waals surface area contributed by atoms with Crippen LogP contribution in [0.5, 0.6) is 0 Å². The van der Waals surface area contributed by atoms with E-state index in [0.717, 1.165) is 35.3 Å². The predicted molar refractivity (Wildman–Crippen MR) is 134 cm³/mol. The second-order valence-corrected chi connectivity index (χ2v) is 9.04. The number of rotatable bonds is 4. The summed E-state index contributed by atoms with van der Waals surface area (Å²) in [6, 6.07) is 20.6. The number of piperidine rings is 1. The van der Waals surface area contributed by atoms with E-state index < -0.39 is 0 Å². The molecule has 4 rings (SSSR count). The van der Waals surface area contributed by atoms with Gasteiger partial charge in [0.15, 0.2) is 0 Å². The van der Waals surface area contributed by atoms with Crippen LogP contribution in [0.25, 0.3) is 0 Å². The summed E-state index contributed by atoms with van der Waals surface area (Å²) in [6.45, 7) is 5.40. The maximum absolute atomic E-state index is 12.8. The largest absolute Gasteiger partial charge is 0.324 e. The molecule has 3 amide bonds. The highest BCUT2D eigenvalue weighted by Gasteiger charge is 2.25. The van der Waals surface area contributed by atoms with Gasteiger partial charge in [0.2, 0.25) is 0 Å². The second-order valence-electron chi connectivity index (χ2n) is 8.60. The molecular weight excluding hydrogens is 434 g/mol. The molecule has 1 saturated heterocycles. The molecule has 0 spiro atoms. The number of carbonyl (C=O) groups is 2. The van der Waals surface area contributed by atoms with Gasteiger partial charge in [-0.3, -0.25) is 4.79 Å². The summed E-state index contributed by atoms with van der Waals surface area (Å²) in [5.74, 6) is 0.0531. The molecule has 1 unspecified atom stereocenters. The molecule has 1 aliphatic rings. The smallest absolute Gasteiger partial charge is 0.321 e. The number of aryl methyl sites for hydroxylation is 2.